The molecule has 0 fully saturated rings. The fourth-order valence-electron chi connectivity index (χ4n) is 4.78. The second-order valence-corrected chi connectivity index (χ2v) is 17.1. The van der Waals surface area contributed by atoms with E-state index >= 15 is 0 Å². The van der Waals surface area contributed by atoms with Crippen LogP contribution in [0.15, 0.2) is 0 Å². The Morgan fingerprint density at radius 1 is 0.789 bits per heavy atom. The molecule has 0 aliphatic heterocycles. The van der Waals surface area contributed by atoms with Crippen molar-refractivity contribution < 1.29 is 13.0 Å². The first-order valence-electron chi connectivity index (χ1n) is 6.91. The molecule has 5 heteroatoms. The first-order valence-corrected chi connectivity index (χ1v) is 10.7. The van der Waals surface area contributed by atoms with E-state index in [0.29, 0.717) is 6.04 Å². The molecule has 0 heterocycles. The Kier molecular flexibility index (Phi) is 5.19. The van der Waals surface area contributed by atoms with Crippen LogP contribution in [0.5, 0.6) is 0 Å². The summed E-state index contributed by atoms with van der Waals surface area (Å²) in [6.45, 7) is 20.0. The van der Waals surface area contributed by atoms with Crippen LogP contribution in [0.1, 0.15) is 62.3 Å². The molecule has 116 valence electrons. The minimum absolute atomic E-state index is 0.0637. The van der Waals surface area contributed by atoms with Gasteiger partial charge in [0, 0.05) is 0 Å². The molecule has 0 atom stereocenters. The Morgan fingerprint density at radius 2 is 1.05 bits per heavy atom. The van der Waals surface area contributed by atoms with Crippen molar-refractivity contribution in [2.45, 2.75) is 83.5 Å². The van der Waals surface area contributed by atoms with Crippen molar-refractivity contribution in [1.29, 1.82) is 0 Å². The monoisotopic (exact) mass is 308 g/mol. The highest BCUT2D eigenvalue weighted by Crippen LogP contribution is 2.63. The zero-order valence-corrected chi connectivity index (χ0v) is 15.9. The zero-order chi connectivity index (χ0) is 15.9. The molecule has 0 saturated carbocycles. The van der Waals surface area contributed by atoms with E-state index in [0.717, 1.165) is 0 Å². The maximum atomic E-state index is 11.2. The van der Waals surface area contributed by atoms with E-state index in [4.69, 9.17) is 0 Å². The summed E-state index contributed by atoms with van der Waals surface area (Å²) in [6, 6.07) is 0.600. The molecule has 3 nitrogen and oxygen atoms in total. The highest BCUT2D eigenvalue weighted by atomic mass is 32.2. The summed E-state index contributed by atoms with van der Waals surface area (Å²) >= 11 is 0. The average molecular weight is 309 g/mol. The lowest BCUT2D eigenvalue weighted by atomic mass is 10.2. The second-order valence-electron chi connectivity index (χ2n) is 8.69. The quantitative estimate of drug-likeness (QED) is 0.606. The molecule has 0 radical (unpaired) electrons. The van der Waals surface area contributed by atoms with E-state index in [-0.39, 0.29) is 20.9 Å². The van der Waals surface area contributed by atoms with Crippen molar-refractivity contribution in [1.82, 2.24) is 0 Å². The van der Waals surface area contributed by atoms with Crippen molar-refractivity contribution in [3.8, 4) is 0 Å². The standard InChI is InChI=1S/C14H32O3SSi/c1-12(2,3)19(13(4,5)6,14(7,8)9)11-10-18(15,16)17/h10-11H2,1-9H3,(H,15,16,17). The summed E-state index contributed by atoms with van der Waals surface area (Å²) in [5.41, 5.74) is 0. The van der Waals surface area contributed by atoms with Gasteiger partial charge in [0.15, 0.2) is 0 Å². The largest absolute Gasteiger partial charge is 0.286 e. The van der Waals surface area contributed by atoms with Gasteiger partial charge in [-0.15, -0.1) is 0 Å². The minimum atomic E-state index is -3.90. The third kappa shape index (κ3) is 4.05. The van der Waals surface area contributed by atoms with Gasteiger partial charge in [0.25, 0.3) is 10.1 Å². The first-order chi connectivity index (χ1) is 7.96. The maximum absolute atomic E-state index is 11.2. The molecule has 0 bridgehead atoms. The van der Waals surface area contributed by atoms with Crippen molar-refractivity contribution in [2.24, 2.45) is 0 Å². The summed E-state index contributed by atoms with van der Waals surface area (Å²) in [6.07, 6.45) is 0. The van der Waals surface area contributed by atoms with Gasteiger partial charge in [-0.3, -0.25) is 4.55 Å². The summed E-state index contributed by atoms with van der Waals surface area (Å²) in [4.78, 5) is 0. The smallest absolute Gasteiger partial charge is 0.264 e. The van der Waals surface area contributed by atoms with Crippen LogP contribution in [0.25, 0.3) is 0 Å². The Balaban J connectivity index is 5.97. The van der Waals surface area contributed by atoms with E-state index in [2.05, 4.69) is 62.3 Å². The zero-order valence-electron chi connectivity index (χ0n) is 14.1. The minimum Gasteiger partial charge on any atom is -0.286 e. The van der Waals surface area contributed by atoms with Crippen molar-refractivity contribution in [3.63, 3.8) is 0 Å². The topological polar surface area (TPSA) is 54.4 Å². The second kappa shape index (κ2) is 5.15. The van der Waals surface area contributed by atoms with Crippen LogP contribution in [0.3, 0.4) is 0 Å². The summed E-state index contributed by atoms with van der Waals surface area (Å²) in [7, 11) is -5.95. The SMILES string of the molecule is CC(C)(C)[Si](CCS(=O)(=O)O)(C(C)(C)C)C(C)(C)C. The summed E-state index contributed by atoms with van der Waals surface area (Å²) in [5.74, 6) is -0.120. The predicted molar refractivity (Wildman–Crippen MR) is 86.1 cm³/mol. The van der Waals surface area contributed by atoms with Gasteiger partial charge in [-0.05, 0) is 21.2 Å². The normalized spacial score (nSPS) is 15.7. The van der Waals surface area contributed by atoms with Gasteiger partial charge in [-0.2, -0.15) is 8.42 Å². The Bertz CT molecular complexity index is 369. The molecule has 0 spiro atoms. The molecular formula is C14H32O3SSi. The van der Waals surface area contributed by atoms with Crippen LogP contribution >= 0.6 is 0 Å². The molecular weight excluding hydrogens is 276 g/mol. The average Bonchev–Trinajstić information content (AvgIpc) is 1.92. The Morgan fingerprint density at radius 3 is 1.21 bits per heavy atom. The van der Waals surface area contributed by atoms with E-state index in [1.165, 1.54) is 0 Å². The van der Waals surface area contributed by atoms with Gasteiger partial charge < -0.3 is 0 Å². The first kappa shape index (κ1) is 19.1. The Hall–Kier alpha value is 0.127. The highest BCUT2D eigenvalue weighted by Gasteiger charge is 2.59. The lowest BCUT2D eigenvalue weighted by molar-refractivity contribution is 0.481. The van der Waals surface area contributed by atoms with Gasteiger partial charge in [-0.1, -0.05) is 62.3 Å². The molecule has 1 N–H and O–H groups in total. The van der Waals surface area contributed by atoms with Gasteiger partial charge in [0.05, 0.1) is 13.8 Å². The van der Waals surface area contributed by atoms with Crippen LogP contribution in [0.4, 0.5) is 0 Å². The third-order valence-corrected chi connectivity index (χ3v) is 14.3. The van der Waals surface area contributed by atoms with Crippen molar-refractivity contribution in [2.75, 3.05) is 5.75 Å². The lowest BCUT2D eigenvalue weighted by Crippen LogP contribution is -2.59. The van der Waals surface area contributed by atoms with Crippen LogP contribution in [0.2, 0.25) is 21.2 Å². The van der Waals surface area contributed by atoms with Gasteiger partial charge in [-0.25, -0.2) is 0 Å². The fourth-order valence-corrected chi connectivity index (χ4v) is 16.0. The van der Waals surface area contributed by atoms with Gasteiger partial charge in [0.2, 0.25) is 0 Å². The predicted octanol–water partition coefficient (Wildman–Crippen LogP) is 4.72. The molecule has 19 heavy (non-hydrogen) atoms. The molecule has 0 amide bonds. The van der Waals surface area contributed by atoms with E-state index < -0.39 is 18.2 Å². The van der Waals surface area contributed by atoms with Crippen LogP contribution in [-0.2, 0) is 10.1 Å². The highest BCUT2D eigenvalue weighted by molar-refractivity contribution is 7.85. The van der Waals surface area contributed by atoms with Gasteiger partial charge >= 0.3 is 0 Å². The molecule has 0 aromatic heterocycles. The molecule has 0 unspecified atom stereocenters. The van der Waals surface area contributed by atoms with Crippen molar-refractivity contribution >= 4 is 18.2 Å². The van der Waals surface area contributed by atoms with E-state index in [9.17, 15) is 13.0 Å². The number of hydrogen-bond donors (Lipinski definition) is 1. The summed E-state index contributed by atoms with van der Waals surface area (Å²) < 4.78 is 31.6. The van der Waals surface area contributed by atoms with Crippen LogP contribution in [0, 0.1) is 0 Å². The van der Waals surface area contributed by atoms with Crippen LogP contribution in [-0.4, -0.2) is 26.8 Å². The maximum Gasteiger partial charge on any atom is 0.264 e. The van der Waals surface area contributed by atoms with E-state index in [1.807, 2.05) is 0 Å². The van der Waals surface area contributed by atoms with Crippen molar-refractivity contribution in [3.05, 3.63) is 0 Å². The molecule has 0 aliphatic rings. The summed E-state index contributed by atoms with van der Waals surface area (Å²) in [5, 5.41) is 0.191. The lowest BCUT2D eigenvalue weighted by Gasteiger charge is -2.59. The molecule has 0 aliphatic carbocycles. The molecule has 0 rings (SSSR count). The fraction of sp³-hybridized carbons (Fsp3) is 1.00. The Labute approximate surface area is 120 Å². The molecule has 0 aromatic carbocycles. The molecule has 0 aromatic rings. The van der Waals surface area contributed by atoms with Gasteiger partial charge in [0.1, 0.15) is 0 Å². The van der Waals surface area contributed by atoms with E-state index in [1.54, 1.807) is 0 Å². The number of rotatable bonds is 3. The third-order valence-electron chi connectivity index (χ3n) is 4.58. The number of hydrogen-bond acceptors (Lipinski definition) is 2. The molecule has 0 saturated heterocycles. The van der Waals surface area contributed by atoms with Crippen LogP contribution < -0.4 is 0 Å².